The first-order valence-corrected chi connectivity index (χ1v) is 8.95. The molecule has 1 aliphatic heterocycles. The lowest BCUT2D eigenvalue weighted by Gasteiger charge is -2.36. The molecule has 3 rings (SSSR count). The highest BCUT2D eigenvalue weighted by molar-refractivity contribution is 5.83. The third-order valence-corrected chi connectivity index (χ3v) is 4.97. The number of rotatable bonds is 6. The maximum absolute atomic E-state index is 13.5. The summed E-state index contributed by atoms with van der Waals surface area (Å²) >= 11 is 0. The van der Waals surface area contributed by atoms with E-state index in [0.29, 0.717) is 39.0 Å². The first-order valence-electron chi connectivity index (χ1n) is 8.95. The first-order chi connectivity index (χ1) is 12.6. The van der Waals surface area contributed by atoms with Gasteiger partial charge in [0.15, 0.2) is 0 Å². The second kappa shape index (κ2) is 8.28. The molecule has 2 aromatic rings. The molecular formula is C22H24FNO2. The lowest BCUT2D eigenvalue weighted by atomic mass is 9.74. The second-order valence-corrected chi connectivity index (χ2v) is 6.78. The van der Waals surface area contributed by atoms with Crippen LogP contribution in [-0.4, -0.2) is 25.7 Å². The molecule has 136 valence electrons. The SMILES string of the molecule is C=CCNC(=O)C1(Cc2cccc(-c3cccc(F)c3)c2)CCOCC1. The fourth-order valence-corrected chi connectivity index (χ4v) is 3.52. The molecule has 0 aromatic heterocycles. The standard InChI is InChI=1S/C22H24FNO2/c1-2-11-24-21(25)22(9-12-26-13-10-22)16-17-5-3-6-18(14-17)19-7-4-8-20(23)15-19/h2-8,14-15H,1,9-13,16H2,(H,24,25). The number of hydrogen-bond donors (Lipinski definition) is 1. The fourth-order valence-electron chi connectivity index (χ4n) is 3.52. The lowest BCUT2D eigenvalue weighted by molar-refractivity contribution is -0.136. The molecule has 0 saturated carbocycles. The van der Waals surface area contributed by atoms with Gasteiger partial charge in [0.25, 0.3) is 0 Å². The Morgan fingerprint density at radius 1 is 1.15 bits per heavy atom. The van der Waals surface area contributed by atoms with E-state index in [0.717, 1.165) is 16.7 Å². The van der Waals surface area contributed by atoms with Crippen molar-refractivity contribution in [2.75, 3.05) is 19.8 Å². The second-order valence-electron chi connectivity index (χ2n) is 6.78. The monoisotopic (exact) mass is 353 g/mol. The quantitative estimate of drug-likeness (QED) is 0.793. The maximum atomic E-state index is 13.5. The molecule has 1 amide bonds. The third kappa shape index (κ3) is 4.20. The fraction of sp³-hybridized carbons (Fsp3) is 0.318. The van der Waals surface area contributed by atoms with E-state index in [9.17, 15) is 9.18 Å². The Balaban J connectivity index is 1.86. The van der Waals surface area contributed by atoms with Crippen LogP contribution in [0.15, 0.2) is 61.2 Å². The minimum Gasteiger partial charge on any atom is -0.381 e. The predicted octanol–water partition coefficient (Wildman–Crippen LogP) is 4.13. The molecular weight excluding hydrogens is 329 g/mol. The van der Waals surface area contributed by atoms with Gasteiger partial charge in [-0.1, -0.05) is 42.5 Å². The Bertz CT molecular complexity index is 781. The van der Waals surface area contributed by atoms with Crippen LogP contribution in [0.1, 0.15) is 18.4 Å². The molecule has 3 nitrogen and oxygen atoms in total. The Morgan fingerprint density at radius 2 is 1.85 bits per heavy atom. The van der Waals surface area contributed by atoms with Crippen LogP contribution in [0, 0.1) is 11.2 Å². The summed E-state index contributed by atoms with van der Waals surface area (Å²) in [6, 6.07) is 14.6. The number of halogens is 1. The van der Waals surface area contributed by atoms with Crippen LogP contribution < -0.4 is 5.32 Å². The summed E-state index contributed by atoms with van der Waals surface area (Å²) in [6.07, 6.45) is 3.72. The van der Waals surface area contributed by atoms with Crippen LogP contribution in [0.2, 0.25) is 0 Å². The zero-order valence-corrected chi connectivity index (χ0v) is 14.8. The number of carbonyl (C=O) groups is 1. The highest BCUT2D eigenvalue weighted by Gasteiger charge is 2.39. The number of amides is 1. The van der Waals surface area contributed by atoms with Crippen molar-refractivity contribution in [3.8, 4) is 11.1 Å². The van der Waals surface area contributed by atoms with Crippen LogP contribution in [0.5, 0.6) is 0 Å². The van der Waals surface area contributed by atoms with E-state index in [4.69, 9.17) is 4.74 Å². The topological polar surface area (TPSA) is 38.3 Å². The molecule has 1 aliphatic rings. The zero-order valence-electron chi connectivity index (χ0n) is 14.8. The molecule has 0 atom stereocenters. The minimum atomic E-state index is -0.470. The number of nitrogens with one attached hydrogen (secondary N) is 1. The molecule has 1 fully saturated rings. The van der Waals surface area contributed by atoms with Gasteiger partial charge in [0, 0.05) is 19.8 Å². The smallest absolute Gasteiger partial charge is 0.226 e. The van der Waals surface area contributed by atoms with E-state index in [1.165, 1.54) is 12.1 Å². The Morgan fingerprint density at radius 3 is 2.54 bits per heavy atom. The summed E-state index contributed by atoms with van der Waals surface area (Å²) in [5.41, 5.74) is 2.39. The first kappa shape index (κ1) is 18.3. The van der Waals surface area contributed by atoms with Gasteiger partial charge in [-0.05, 0) is 48.1 Å². The average Bonchev–Trinajstić information content (AvgIpc) is 2.67. The normalized spacial score (nSPS) is 16.0. The number of carbonyl (C=O) groups excluding carboxylic acids is 1. The van der Waals surface area contributed by atoms with Crippen LogP contribution in [0.3, 0.4) is 0 Å². The predicted molar refractivity (Wildman–Crippen MR) is 101 cm³/mol. The van der Waals surface area contributed by atoms with Gasteiger partial charge in [-0.25, -0.2) is 4.39 Å². The molecule has 26 heavy (non-hydrogen) atoms. The van der Waals surface area contributed by atoms with Crippen LogP contribution >= 0.6 is 0 Å². The number of benzene rings is 2. The van der Waals surface area contributed by atoms with E-state index < -0.39 is 5.41 Å². The van der Waals surface area contributed by atoms with Gasteiger partial charge in [-0.3, -0.25) is 4.79 Å². The van der Waals surface area contributed by atoms with Gasteiger partial charge in [-0.15, -0.1) is 6.58 Å². The van der Waals surface area contributed by atoms with Crippen molar-refractivity contribution >= 4 is 5.91 Å². The summed E-state index contributed by atoms with van der Waals surface area (Å²) < 4.78 is 19.0. The summed E-state index contributed by atoms with van der Waals surface area (Å²) in [4.78, 5) is 12.8. The molecule has 0 spiro atoms. The summed E-state index contributed by atoms with van der Waals surface area (Å²) in [5, 5.41) is 2.95. The van der Waals surface area contributed by atoms with Gasteiger partial charge in [0.1, 0.15) is 5.82 Å². The van der Waals surface area contributed by atoms with Crippen molar-refractivity contribution in [3.63, 3.8) is 0 Å². The number of ether oxygens (including phenoxy) is 1. The molecule has 2 aromatic carbocycles. The maximum Gasteiger partial charge on any atom is 0.226 e. The summed E-state index contributed by atoms with van der Waals surface area (Å²) in [5.74, 6) is -0.200. The van der Waals surface area contributed by atoms with Crippen LogP contribution in [0.4, 0.5) is 4.39 Å². The Labute approximate surface area is 153 Å². The highest BCUT2D eigenvalue weighted by atomic mass is 19.1. The van der Waals surface area contributed by atoms with E-state index in [1.807, 2.05) is 30.3 Å². The van der Waals surface area contributed by atoms with E-state index in [2.05, 4.69) is 11.9 Å². The molecule has 1 heterocycles. The van der Waals surface area contributed by atoms with E-state index in [1.54, 1.807) is 12.1 Å². The van der Waals surface area contributed by atoms with Crippen LogP contribution in [-0.2, 0) is 16.0 Å². The molecule has 4 heteroatoms. The Hall–Kier alpha value is -2.46. The molecule has 0 aliphatic carbocycles. The molecule has 0 bridgehead atoms. The van der Waals surface area contributed by atoms with Crippen molar-refractivity contribution in [2.24, 2.45) is 5.41 Å². The van der Waals surface area contributed by atoms with Gasteiger partial charge in [0.05, 0.1) is 5.41 Å². The van der Waals surface area contributed by atoms with Gasteiger partial charge in [-0.2, -0.15) is 0 Å². The van der Waals surface area contributed by atoms with Crippen molar-refractivity contribution in [2.45, 2.75) is 19.3 Å². The average molecular weight is 353 g/mol. The molecule has 1 saturated heterocycles. The van der Waals surface area contributed by atoms with Crippen LogP contribution in [0.25, 0.3) is 11.1 Å². The molecule has 1 N–H and O–H groups in total. The van der Waals surface area contributed by atoms with Gasteiger partial charge < -0.3 is 10.1 Å². The van der Waals surface area contributed by atoms with E-state index in [-0.39, 0.29) is 11.7 Å². The molecule has 0 unspecified atom stereocenters. The highest BCUT2D eigenvalue weighted by Crippen LogP contribution is 2.35. The third-order valence-electron chi connectivity index (χ3n) is 4.97. The van der Waals surface area contributed by atoms with Crippen molar-refractivity contribution < 1.29 is 13.9 Å². The summed E-state index contributed by atoms with van der Waals surface area (Å²) in [7, 11) is 0. The lowest BCUT2D eigenvalue weighted by Crippen LogP contribution is -2.46. The number of hydrogen-bond acceptors (Lipinski definition) is 2. The van der Waals surface area contributed by atoms with Gasteiger partial charge >= 0.3 is 0 Å². The van der Waals surface area contributed by atoms with E-state index >= 15 is 0 Å². The minimum absolute atomic E-state index is 0.0526. The van der Waals surface area contributed by atoms with Crippen molar-refractivity contribution in [1.29, 1.82) is 0 Å². The largest absolute Gasteiger partial charge is 0.381 e. The zero-order chi connectivity index (χ0) is 18.4. The van der Waals surface area contributed by atoms with Gasteiger partial charge in [0.2, 0.25) is 5.91 Å². The molecule has 0 radical (unpaired) electrons. The summed E-state index contributed by atoms with van der Waals surface area (Å²) in [6.45, 7) is 5.31. The van der Waals surface area contributed by atoms with Crippen molar-refractivity contribution in [1.82, 2.24) is 5.32 Å². The van der Waals surface area contributed by atoms with Crippen molar-refractivity contribution in [3.05, 3.63) is 72.6 Å². The Kier molecular flexibility index (Phi) is 5.84.